The Kier molecular flexibility index (Phi) is 2.70. The number of fused-ring (bicyclic) bond motifs is 1. The van der Waals surface area contributed by atoms with Gasteiger partial charge in [-0.05, 0) is 28.8 Å². The van der Waals surface area contributed by atoms with Gasteiger partial charge in [0.15, 0.2) is 6.29 Å². The fourth-order valence-electron chi connectivity index (χ4n) is 2.03. The second-order valence-electron chi connectivity index (χ2n) is 3.62. The van der Waals surface area contributed by atoms with Gasteiger partial charge in [0.05, 0.1) is 11.6 Å². The molecule has 0 aromatic heterocycles. The van der Waals surface area contributed by atoms with Crippen molar-refractivity contribution in [3.05, 3.63) is 47.0 Å². The van der Waals surface area contributed by atoms with Crippen LogP contribution < -0.4 is 0 Å². The topological polar surface area (TPSA) is 40.9 Å². The predicted molar refractivity (Wildman–Crippen MR) is 63.4 cm³/mol. The quantitative estimate of drug-likeness (QED) is 0.713. The van der Waals surface area contributed by atoms with Crippen LogP contribution in [-0.2, 0) is 6.42 Å². The first kappa shape index (κ1) is 10.4. The molecule has 0 aliphatic rings. The fraction of sp³-hybridized carbons (Fsp3) is 0.143. The maximum atomic E-state index is 11.2. The molecule has 2 nitrogen and oxygen atoms in total. The van der Waals surface area contributed by atoms with Crippen LogP contribution in [0, 0.1) is 11.3 Å². The molecule has 0 spiro atoms. The molecule has 0 radical (unpaired) electrons. The summed E-state index contributed by atoms with van der Waals surface area (Å²) in [7, 11) is 0. The highest BCUT2D eigenvalue weighted by atomic mass is 16.1. The highest BCUT2D eigenvalue weighted by Crippen LogP contribution is 2.24. The highest BCUT2D eigenvalue weighted by molar-refractivity contribution is 6.00. The van der Waals surface area contributed by atoms with Gasteiger partial charge in [-0.3, -0.25) is 4.79 Å². The third-order valence-corrected chi connectivity index (χ3v) is 2.79. The van der Waals surface area contributed by atoms with Crippen molar-refractivity contribution in [2.75, 3.05) is 0 Å². The van der Waals surface area contributed by atoms with Gasteiger partial charge in [-0.1, -0.05) is 31.2 Å². The van der Waals surface area contributed by atoms with Crippen molar-refractivity contribution in [3.8, 4) is 6.07 Å². The number of aldehydes is 1. The summed E-state index contributed by atoms with van der Waals surface area (Å²) in [5, 5.41) is 10.9. The molecule has 2 aromatic carbocycles. The molecule has 0 heterocycles. The van der Waals surface area contributed by atoms with Gasteiger partial charge >= 0.3 is 0 Å². The van der Waals surface area contributed by atoms with Gasteiger partial charge in [0.25, 0.3) is 0 Å². The van der Waals surface area contributed by atoms with E-state index >= 15 is 0 Å². The number of nitrogens with zero attached hydrogens (tertiary/aromatic N) is 1. The van der Waals surface area contributed by atoms with E-state index in [9.17, 15) is 4.79 Å². The Morgan fingerprint density at radius 1 is 1.38 bits per heavy atom. The molecule has 0 aliphatic heterocycles. The molecule has 16 heavy (non-hydrogen) atoms. The number of nitriles is 1. The predicted octanol–water partition coefficient (Wildman–Crippen LogP) is 3.09. The van der Waals surface area contributed by atoms with E-state index in [0.29, 0.717) is 17.5 Å². The van der Waals surface area contributed by atoms with Crippen LogP contribution in [0.1, 0.15) is 28.4 Å². The van der Waals surface area contributed by atoms with Crippen molar-refractivity contribution >= 4 is 17.1 Å². The van der Waals surface area contributed by atoms with E-state index in [-0.39, 0.29) is 0 Å². The summed E-state index contributed by atoms with van der Waals surface area (Å²) >= 11 is 0. The lowest BCUT2D eigenvalue weighted by Crippen LogP contribution is -1.97. The summed E-state index contributed by atoms with van der Waals surface area (Å²) in [6.45, 7) is 1.96. The summed E-state index contributed by atoms with van der Waals surface area (Å²) in [4.78, 5) is 11.2. The smallest absolute Gasteiger partial charge is 0.150 e. The third kappa shape index (κ3) is 1.47. The van der Waals surface area contributed by atoms with Gasteiger partial charge in [-0.2, -0.15) is 5.26 Å². The summed E-state index contributed by atoms with van der Waals surface area (Å²) in [6, 6.07) is 11.6. The number of carbonyl (C=O) groups is 1. The van der Waals surface area contributed by atoms with Crippen molar-refractivity contribution in [2.45, 2.75) is 13.3 Å². The molecule has 0 bridgehead atoms. The molecule has 0 saturated carbocycles. The van der Waals surface area contributed by atoms with Crippen LogP contribution in [0.4, 0.5) is 0 Å². The number of rotatable bonds is 2. The monoisotopic (exact) mass is 209 g/mol. The molecular weight excluding hydrogens is 198 g/mol. The molecule has 0 saturated heterocycles. The Labute approximate surface area is 94.1 Å². The van der Waals surface area contributed by atoms with E-state index in [0.717, 1.165) is 22.6 Å². The molecule has 0 unspecified atom stereocenters. The first-order chi connectivity index (χ1) is 7.81. The standard InChI is InChI=1S/C14H11NO/c1-2-12-11(8-15)7-10-5-3-4-6-13(10)14(12)9-16/h3-7,9H,2H2,1H3. The number of hydrogen-bond donors (Lipinski definition) is 0. The van der Waals surface area contributed by atoms with Crippen molar-refractivity contribution in [2.24, 2.45) is 0 Å². The van der Waals surface area contributed by atoms with Crippen LogP contribution in [0.3, 0.4) is 0 Å². The van der Waals surface area contributed by atoms with E-state index in [1.165, 1.54) is 0 Å². The molecule has 2 rings (SSSR count). The molecule has 0 atom stereocenters. The Morgan fingerprint density at radius 2 is 2.12 bits per heavy atom. The maximum absolute atomic E-state index is 11.2. The minimum atomic E-state index is 0.600. The largest absolute Gasteiger partial charge is 0.298 e. The summed E-state index contributed by atoms with van der Waals surface area (Å²) in [5.41, 5.74) is 2.09. The van der Waals surface area contributed by atoms with Crippen molar-refractivity contribution in [3.63, 3.8) is 0 Å². The van der Waals surface area contributed by atoms with Crippen LogP contribution in [-0.4, -0.2) is 6.29 Å². The zero-order valence-corrected chi connectivity index (χ0v) is 9.03. The molecule has 2 heteroatoms. The van der Waals surface area contributed by atoms with Crippen molar-refractivity contribution in [1.29, 1.82) is 5.26 Å². The molecule has 0 fully saturated rings. The average molecular weight is 209 g/mol. The number of carbonyl (C=O) groups excluding carboxylic acids is 1. The Hall–Kier alpha value is -2.14. The van der Waals surface area contributed by atoms with E-state index < -0.39 is 0 Å². The van der Waals surface area contributed by atoms with Crippen LogP contribution in [0.15, 0.2) is 30.3 Å². The minimum absolute atomic E-state index is 0.600. The van der Waals surface area contributed by atoms with Crippen molar-refractivity contribution < 1.29 is 4.79 Å². The van der Waals surface area contributed by atoms with E-state index in [1.807, 2.05) is 37.3 Å². The van der Waals surface area contributed by atoms with Gasteiger partial charge in [0.1, 0.15) is 0 Å². The van der Waals surface area contributed by atoms with Crippen LogP contribution >= 0.6 is 0 Å². The highest BCUT2D eigenvalue weighted by Gasteiger charge is 2.10. The first-order valence-corrected chi connectivity index (χ1v) is 5.21. The number of benzene rings is 2. The summed E-state index contributed by atoms with van der Waals surface area (Å²) in [5.74, 6) is 0. The van der Waals surface area contributed by atoms with Gasteiger partial charge in [-0.25, -0.2) is 0 Å². The van der Waals surface area contributed by atoms with Gasteiger partial charge < -0.3 is 0 Å². The zero-order chi connectivity index (χ0) is 11.5. The van der Waals surface area contributed by atoms with Gasteiger partial charge in [-0.15, -0.1) is 0 Å². The lowest BCUT2D eigenvalue weighted by atomic mass is 9.94. The molecule has 0 N–H and O–H groups in total. The Bertz CT molecular complexity index is 593. The van der Waals surface area contributed by atoms with E-state index in [4.69, 9.17) is 5.26 Å². The SMILES string of the molecule is CCc1c(C#N)cc2ccccc2c1C=O. The molecule has 78 valence electrons. The Morgan fingerprint density at radius 3 is 2.75 bits per heavy atom. The Balaban J connectivity index is 2.94. The lowest BCUT2D eigenvalue weighted by molar-refractivity contribution is 0.112. The summed E-state index contributed by atoms with van der Waals surface area (Å²) < 4.78 is 0. The van der Waals surface area contributed by atoms with Crippen LogP contribution in [0.2, 0.25) is 0 Å². The summed E-state index contributed by atoms with van der Waals surface area (Å²) in [6.07, 6.45) is 1.55. The average Bonchev–Trinajstić information content (AvgIpc) is 2.36. The molecular formula is C14H11NO. The van der Waals surface area contributed by atoms with Gasteiger partial charge in [0.2, 0.25) is 0 Å². The first-order valence-electron chi connectivity index (χ1n) is 5.21. The normalized spacial score (nSPS) is 10.0. The maximum Gasteiger partial charge on any atom is 0.150 e. The molecule has 2 aromatic rings. The van der Waals surface area contributed by atoms with Crippen molar-refractivity contribution in [1.82, 2.24) is 0 Å². The fourth-order valence-corrected chi connectivity index (χ4v) is 2.03. The third-order valence-electron chi connectivity index (χ3n) is 2.79. The van der Waals surface area contributed by atoms with Crippen LogP contribution in [0.25, 0.3) is 10.8 Å². The second-order valence-corrected chi connectivity index (χ2v) is 3.62. The molecule has 0 amide bonds. The van der Waals surface area contributed by atoms with Gasteiger partial charge in [0, 0.05) is 5.56 Å². The van der Waals surface area contributed by atoms with E-state index in [1.54, 1.807) is 0 Å². The second kappa shape index (κ2) is 4.16. The molecule has 0 aliphatic carbocycles. The van der Waals surface area contributed by atoms with Crippen LogP contribution in [0.5, 0.6) is 0 Å². The zero-order valence-electron chi connectivity index (χ0n) is 9.03. The van der Waals surface area contributed by atoms with E-state index in [2.05, 4.69) is 6.07 Å². The minimum Gasteiger partial charge on any atom is -0.298 e. The number of hydrogen-bond acceptors (Lipinski definition) is 2. The lowest BCUT2D eigenvalue weighted by Gasteiger charge is -2.08.